The molecule has 0 atom stereocenters. The Bertz CT molecular complexity index is 553. The van der Waals surface area contributed by atoms with Crippen molar-refractivity contribution in [2.24, 2.45) is 0 Å². The zero-order valence-corrected chi connectivity index (χ0v) is 12.5. The minimum atomic E-state index is -0.524. The maximum Gasteiger partial charge on any atom is 0.369 e. The Balaban J connectivity index is 1.78. The van der Waals surface area contributed by atoms with Gasteiger partial charge < -0.3 is 13.9 Å². The number of amides is 2. The Morgan fingerprint density at radius 3 is 2.75 bits per heavy atom. The number of hydrogen-bond donors (Lipinski definition) is 1. The van der Waals surface area contributed by atoms with Gasteiger partial charge in [0.2, 0.25) is 0 Å². The van der Waals surface area contributed by atoms with E-state index in [0.717, 1.165) is 5.56 Å². The molecule has 1 N–H and O–H groups in total. The van der Waals surface area contributed by atoms with Crippen LogP contribution in [0.2, 0.25) is 5.79 Å². The molecule has 0 unspecified atom stereocenters. The molecule has 103 valence electrons. The number of nitrogens with one attached hydrogen (secondary N) is 1. The average Bonchev–Trinajstić information content (AvgIpc) is 2.74. The lowest BCUT2D eigenvalue weighted by molar-refractivity contribution is -0.0367. The highest BCUT2D eigenvalue weighted by Gasteiger charge is 2.47. The first-order valence-corrected chi connectivity index (χ1v) is 8.56. The Hall–Kier alpha value is -1.51. The van der Waals surface area contributed by atoms with E-state index in [1.165, 1.54) is 0 Å². The third-order valence-electron chi connectivity index (χ3n) is 4.05. The summed E-state index contributed by atoms with van der Waals surface area (Å²) in [6, 6.07) is 7.56. The summed E-state index contributed by atoms with van der Waals surface area (Å²) in [5.74, 6) is 1.75. The number of benzene rings is 1. The maximum absolute atomic E-state index is 11.9. The van der Waals surface area contributed by atoms with Gasteiger partial charge in [-0.25, -0.2) is 4.79 Å². The fourth-order valence-corrected chi connectivity index (χ4v) is 3.43. The number of esters is 1. The summed E-state index contributed by atoms with van der Waals surface area (Å²) in [6.45, 7) is 1.24. The molecule has 2 aliphatic rings. The number of rotatable bonds is 1. The molecule has 0 aliphatic carbocycles. The van der Waals surface area contributed by atoms with E-state index in [2.05, 4.69) is 4.30 Å². The van der Waals surface area contributed by atoms with Crippen LogP contribution in [-0.4, -0.2) is 45.4 Å². The zero-order valence-electron chi connectivity index (χ0n) is 11.4. The quantitative estimate of drug-likeness (QED) is 0.629. The lowest BCUT2D eigenvalue weighted by Crippen LogP contribution is -2.49. The van der Waals surface area contributed by atoms with Gasteiger partial charge >= 0.3 is 21.4 Å². The van der Waals surface area contributed by atoms with Crippen molar-refractivity contribution in [1.29, 1.82) is 0 Å². The summed E-state index contributed by atoms with van der Waals surface area (Å²) < 4.78 is 8.54. The van der Waals surface area contributed by atoms with Crippen LogP contribution in [-0.2, 0) is 10.3 Å². The standard InChI is InChI=1S/C13H14N2O3.CH3.Al/c14-12(17)15-7-5-13(6-8-15)10-4-2-1-3-9(10)11(16)18-13;;/h1-4H,5-8H2,(H2,14,17);1H3;/q;;+1/p-1. The first-order chi connectivity index (χ1) is 9.66. The summed E-state index contributed by atoms with van der Waals surface area (Å²) in [6.07, 6.45) is 1.34. The number of fused-ring (bicyclic) bond motifs is 2. The number of piperidine rings is 1. The van der Waals surface area contributed by atoms with Gasteiger partial charge in [0.25, 0.3) is 6.03 Å². The first-order valence-electron chi connectivity index (χ1n) is 6.82. The second-order valence-corrected chi connectivity index (χ2v) is 6.02. The van der Waals surface area contributed by atoms with Gasteiger partial charge in [-0.2, -0.15) is 0 Å². The molecule has 20 heavy (non-hydrogen) atoms. The van der Waals surface area contributed by atoms with E-state index in [-0.39, 0.29) is 27.4 Å². The molecule has 6 heteroatoms. The zero-order chi connectivity index (χ0) is 14.2. The van der Waals surface area contributed by atoms with E-state index in [1.54, 1.807) is 4.90 Å². The highest BCUT2D eigenvalue weighted by Crippen LogP contribution is 2.43. The van der Waals surface area contributed by atoms with Crippen molar-refractivity contribution in [1.82, 2.24) is 9.20 Å². The molecule has 1 aromatic rings. The number of likely N-dealkylation sites (tertiary alicyclic amines) is 1. The Morgan fingerprint density at radius 2 is 2.05 bits per heavy atom. The van der Waals surface area contributed by atoms with E-state index in [4.69, 9.17) is 4.74 Å². The van der Waals surface area contributed by atoms with Crippen LogP contribution in [0.15, 0.2) is 24.3 Å². The van der Waals surface area contributed by atoms with Crippen molar-refractivity contribution in [3.05, 3.63) is 35.4 Å². The molecule has 2 amide bonds. The molecule has 1 spiro atoms. The van der Waals surface area contributed by atoms with Gasteiger partial charge in [-0.05, 0) is 6.07 Å². The molecule has 1 radical (unpaired) electrons. The fraction of sp³-hybridized carbons (Fsp3) is 0.429. The van der Waals surface area contributed by atoms with Crippen LogP contribution in [0.25, 0.3) is 0 Å². The number of carbonyl (C=O) groups excluding carboxylic acids is 2. The molecule has 0 aromatic heterocycles. The van der Waals surface area contributed by atoms with E-state index in [0.29, 0.717) is 31.5 Å². The molecular weight excluding hydrogens is 271 g/mol. The van der Waals surface area contributed by atoms with Crippen LogP contribution in [0.1, 0.15) is 28.8 Å². The topological polar surface area (TPSA) is 58.6 Å². The van der Waals surface area contributed by atoms with Gasteiger partial charge in [-0.15, -0.1) is 0 Å². The lowest BCUT2D eigenvalue weighted by atomic mass is 9.84. The highest BCUT2D eigenvalue weighted by atomic mass is 27.1. The largest absolute Gasteiger partial charge is 0.450 e. The monoisotopic (exact) mass is 287 g/mol. The lowest BCUT2D eigenvalue weighted by Gasteiger charge is -2.38. The molecule has 2 aliphatic heterocycles. The average molecular weight is 287 g/mol. The molecule has 0 bridgehead atoms. The first kappa shape index (κ1) is 13.5. The van der Waals surface area contributed by atoms with Crippen LogP contribution in [0, 0.1) is 0 Å². The van der Waals surface area contributed by atoms with Crippen molar-refractivity contribution >= 4 is 27.4 Å². The smallest absolute Gasteiger partial charge is 0.369 e. The third kappa shape index (κ3) is 2.09. The number of ether oxygens (including phenoxy) is 1. The maximum atomic E-state index is 11.9. The number of hydrogen-bond acceptors (Lipinski definition) is 3. The van der Waals surface area contributed by atoms with Crippen molar-refractivity contribution in [3.63, 3.8) is 0 Å². The molecule has 1 saturated heterocycles. The summed E-state index contributed by atoms with van der Waals surface area (Å²) in [5.41, 5.74) is 1.12. The van der Waals surface area contributed by atoms with E-state index in [9.17, 15) is 9.59 Å². The van der Waals surface area contributed by atoms with E-state index in [1.807, 2.05) is 30.1 Å². The van der Waals surface area contributed by atoms with Crippen LogP contribution in [0.4, 0.5) is 4.79 Å². The fourth-order valence-electron chi connectivity index (χ4n) is 3.00. The third-order valence-corrected chi connectivity index (χ3v) is 4.59. The van der Waals surface area contributed by atoms with Gasteiger partial charge in [0.1, 0.15) is 5.60 Å². The number of carbonyl (C=O) groups is 2. The summed E-state index contributed by atoms with van der Waals surface area (Å²) in [4.78, 5) is 25.6. The Morgan fingerprint density at radius 1 is 1.35 bits per heavy atom. The van der Waals surface area contributed by atoms with Crippen molar-refractivity contribution in [2.75, 3.05) is 13.1 Å². The van der Waals surface area contributed by atoms with Gasteiger partial charge in [-0.3, -0.25) is 4.79 Å². The van der Waals surface area contributed by atoms with E-state index >= 15 is 0 Å². The number of nitrogens with zero attached hydrogens (tertiary/aromatic N) is 1. The van der Waals surface area contributed by atoms with Gasteiger partial charge in [0.15, 0.2) is 0 Å². The molecule has 3 rings (SSSR count). The number of urea groups is 1. The Kier molecular flexibility index (Phi) is 3.45. The normalized spacial score (nSPS) is 19.4. The van der Waals surface area contributed by atoms with Crippen molar-refractivity contribution in [3.8, 4) is 0 Å². The van der Waals surface area contributed by atoms with Crippen LogP contribution in [0.3, 0.4) is 0 Å². The highest BCUT2D eigenvalue weighted by molar-refractivity contribution is 6.35. The minimum Gasteiger partial charge on any atom is -0.450 e. The SMILES string of the molecule is [CH3][Al][NH]C(=O)N1CCC2(CC1)OC(=O)c1ccccc12. The van der Waals surface area contributed by atoms with Crippen LogP contribution >= 0.6 is 0 Å². The molecule has 2 heterocycles. The second kappa shape index (κ2) is 5.12. The van der Waals surface area contributed by atoms with E-state index < -0.39 is 5.60 Å². The van der Waals surface area contributed by atoms with Crippen molar-refractivity contribution < 1.29 is 14.3 Å². The molecular formula is C14H16AlN2O3. The molecule has 5 nitrogen and oxygen atoms in total. The Labute approximate surface area is 124 Å². The molecule has 0 saturated carbocycles. The second-order valence-electron chi connectivity index (χ2n) is 5.15. The van der Waals surface area contributed by atoms with Crippen LogP contribution < -0.4 is 4.30 Å². The molecule has 1 aromatic carbocycles. The van der Waals surface area contributed by atoms with Crippen LogP contribution in [0.5, 0.6) is 0 Å². The molecule has 1 fully saturated rings. The summed E-state index contributed by atoms with van der Waals surface area (Å²) in [5, 5.41) is 0. The van der Waals surface area contributed by atoms with Gasteiger partial charge in [0, 0.05) is 31.5 Å². The predicted octanol–water partition coefficient (Wildman–Crippen LogP) is 1.52. The predicted molar refractivity (Wildman–Crippen MR) is 74.5 cm³/mol. The summed E-state index contributed by atoms with van der Waals surface area (Å²) in [7, 11) is 0. The summed E-state index contributed by atoms with van der Waals surface area (Å²) >= 11 is -0.0429. The van der Waals surface area contributed by atoms with Gasteiger partial charge in [-0.1, -0.05) is 24.0 Å². The van der Waals surface area contributed by atoms with Gasteiger partial charge in [0.05, 0.1) is 5.56 Å². The minimum absolute atomic E-state index is 0.00467. The van der Waals surface area contributed by atoms with Crippen molar-refractivity contribution in [2.45, 2.75) is 24.2 Å².